The van der Waals surface area contributed by atoms with E-state index in [-0.39, 0.29) is 10.9 Å². The van der Waals surface area contributed by atoms with Crippen LogP contribution in [-0.4, -0.2) is 39.5 Å². The molecule has 2 rings (SSSR count). The number of sulfonamides is 1. The largest absolute Gasteiger partial charge is 0.398 e. The summed E-state index contributed by atoms with van der Waals surface area (Å²) in [6.07, 6.45) is 1.87. The minimum absolute atomic E-state index is 0.0389. The number of piperidine rings is 1. The predicted octanol–water partition coefficient (Wildman–Crippen LogP) is 1.71. The lowest BCUT2D eigenvalue weighted by atomic mass is 10.1. The van der Waals surface area contributed by atoms with Gasteiger partial charge in [-0.15, -0.1) is 0 Å². The quantitative estimate of drug-likeness (QED) is 0.803. The number of anilines is 1. The van der Waals surface area contributed by atoms with E-state index in [2.05, 4.69) is 25.6 Å². The SMILES string of the molecule is Cc1cc(Br)c(N)cc1S(=O)(=O)NC1CCCN(C)C1. The number of halogens is 1. The number of nitrogens with two attached hydrogens (primary N) is 1. The predicted molar refractivity (Wildman–Crippen MR) is 84.1 cm³/mol. The number of nitrogen functional groups attached to an aromatic ring is 1. The van der Waals surface area contributed by atoms with Crippen molar-refractivity contribution < 1.29 is 8.42 Å². The summed E-state index contributed by atoms with van der Waals surface area (Å²) in [6.45, 7) is 3.53. The van der Waals surface area contributed by atoms with E-state index in [0.29, 0.717) is 15.7 Å². The molecule has 1 saturated heterocycles. The van der Waals surface area contributed by atoms with Crippen LogP contribution < -0.4 is 10.5 Å². The summed E-state index contributed by atoms with van der Waals surface area (Å²) in [4.78, 5) is 2.39. The van der Waals surface area contributed by atoms with Gasteiger partial charge in [0.25, 0.3) is 0 Å². The second-order valence-electron chi connectivity index (χ2n) is 5.36. The Kier molecular flexibility index (Phi) is 4.73. The summed E-state index contributed by atoms with van der Waals surface area (Å²) in [5, 5.41) is 0. The molecule has 1 fully saturated rings. The highest BCUT2D eigenvalue weighted by Crippen LogP contribution is 2.27. The number of benzene rings is 1. The van der Waals surface area contributed by atoms with Crippen molar-refractivity contribution >= 4 is 31.6 Å². The molecule has 0 aliphatic carbocycles. The summed E-state index contributed by atoms with van der Waals surface area (Å²) >= 11 is 3.31. The fraction of sp³-hybridized carbons (Fsp3) is 0.538. The number of nitrogens with one attached hydrogen (secondary N) is 1. The van der Waals surface area contributed by atoms with Crippen LogP contribution in [0.25, 0.3) is 0 Å². The Hall–Kier alpha value is -0.630. The van der Waals surface area contributed by atoms with Crippen LogP contribution in [0.15, 0.2) is 21.5 Å². The average Bonchev–Trinajstić information content (AvgIpc) is 2.33. The van der Waals surface area contributed by atoms with Gasteiger partial charge < -0.3 is 10.6 Å². The third-order valence-electron chi connectivity index (χ3n) is 3.53. The molecule has 3 N–H and O–H groups in total. The van der Waals surface area contributed by atoms with Crippen LogP contribution in [0.2, 0.25) is 0 Å². The van der Waals surface area contributed by atoms with Gasteiger partial charge >= 0.3 is 0 Å². The van der Waals surface area contributed by atoms with E-state index in [9.17, 15) is 8.42 Å². The molecule has 0 aromatic heterocycles. The number of hydrogen-bond acceptors (Lipinski definition) is 4. The van der Waals surface area contributed by atoms with Crippen molar-refractivity contribution in [2.24, 2.45) is 0 Å². The van der Waals surface area contributed by atoms with E-state index in [1.807, 2.05) is 7.05 Å². The number of aryl methyl sites for hydroxylation is 1. The van der Waals surface area contributed by atoms with Gasteiger partial charge in [-0.05, 0) is 67.0 Å². The monoisotopic (exact) mass is 361 g/mol. The Morgan fingerprint density at radius 2 is 2.15 bits per heavy atom. The molecule has 1 aromatic carbocycles. The lowest BCUT2D eigenvalue weighted by Gasteiger charge is -2.30. The van der Waals surface area contributed by atoms with Crippen molar-refractivity contribution in [3.05, 3.63) is 22.2 Å². The molecule has 1 aliphatic rings. The number of hydrogen-bond donors (Lipinski definition) is 2. The van der Waals surface area contributed by atoms with Crippen LogP contribution in [0.4, 0.5) is 5.69 Å². The maximum atomic E-state index is 12.5. The Labute approximate surface area is 128 Å². The Morgan fingerprint density at radius 1 is 1.45 bits per heavy atom. The highest BCUT2D eigenvalue weighted by Gasteiger charge is 2.25. The molecule has 1 heterocycles. The molecule has 1 unspecified atom stereocenters. The molecule has 0 spiro atoms. The van der Waals surface area contributed by atoms with Gasteiger partial charge in [0.15, 0.2) is 0 Å². The molecule has 7 heteroatoms. The summed E-state index contributed by atoms with van der Waals surface area (Å²) in [6, 6.07) is 3.20. The summed E-state index contributed by atoms with van der Waals surface area (Å²) in [5.74, 6) is 0. The van der Waals surface area contributed by atoms with Gasteiger partial charge in [-0.25, -0.2) is 13.1 Å². The first-order valence-electron chi connectivity index (χ1n) is 6.56. The van der Waals surface area contributed by atoms with Crippen molar-refractivity contribution in [1.82, 2.24) is 9.62 Å². The molecule has 0 bridgehead atoms. The highest BCUT2D eigenvalue weighted by molar-refractivity contribution is 9.10. The van der Waals surface area contributed by atoms with Gasteiger partial charge in [0, 0.05) is 22.7 Å². The molecule has 5 nitrogen and oxygen atoms in total. The molecular formula is C13H20BrN3O2S. The van der Waals surface area contributed by atoms with Crippen molar-refractivity contribution in [3.63, 3.8) is 0 Å². The molecule has 0 radical (unpaired) electrons. The molecule has 0 saturated carbocycles. The smallest absolute Gasteiger partial charge is 0.241 e. The van der Waals surface area contributed by atoms with Crippen LogP contribution in [0, 0.1) is 6.92 Å². The maximum Gasteiger partial charge on any atom is 0.241 e. The van der Waals surface area contributed by atoms with Crippen LogP contribution in [-0.2, 0) is 10.0 Å². The lowest BCUT2D eigenvalue weighted by Crippen LogP contribution is -2.46. The summed E-state index contributed by atoms with van der Waals surface area (Å²) in [7, 11) is -1.53. The second-order valence-corrected chi connectivity index (χ2v) is 7.90. The molecule has 1 aliphatic heterocycles. The van der Waals surface area contributed by atoms with E-state index in [1.165, 1.54) is 6.07 Å². The second kappa shape index (κ2) is 6.01. The fourth-order valence-electron chi connectivity index (χ4n) is 2.50. The minimum Gasteiger partial charge on any atom is -0.398 e. The van der Waals surface area contributed by atoms with Crippen molar-refractivity contribution in [2.75, 3.05) is 25.9 Å². The molecule has 0 amide bonds. The van der Waals surface area contributed by atoms with Crippen molar-refractivity contribution in [2.45, 2.75) is 30.7 Å². The van der Waals surface area contributed by atoms with Crippen molar-refractivity contribution in [1.29, 1.82) is 0 Å². The molecule has 1 atom stereocenters. The van der Waals surface area contributed by atoms with Crippen molar-refractivity contribution in [3.8, 4) is 0 Å². The Balaban J connectivity index is 2.24. The van der Waals surface area contributed by atoms with Gasteiger partial charge in [0.05, 0.1) is 4.90 Å². The number of likely N-dealkylation sites (N-methyl/N-ethyl adjacent to an activating group) is 1. The van der Waals surface area contributed by atoms with Gasteiger partial charge in [-0.1, -0.05) is 0 Å². The van der Waals surface area contributed by atoms with E-state index in [1.54, 1.807) is 13.0 Å². The summed E-state index contributed by atoms with van der Waals surface area (Å²) < 4.78 is 28.5. The lowest BCUT2D eigenvalue weighted by molar-refractivity contribution is 0.242. The zero-order valence-corrected chi connectivity index (χ0v) is 14.1. The molecular weight excluding hydrogens is 342 g/mol. The molecule has 1 aromatic rings. The third-order valence-corrected chi connectivity index (χ3v) is 5.88. The standard InChI is InChI=1S/C13H20BrN3O2S/c1-9-6-11(14)12(15)7-13(9)20(18,19)16-10-4-3-5-17(2)8-10/h6-7,10,16H,3-5,8,15H2,1-2H3. The van der Waals surface area contributed by atoms with Crippen LogP contribution in [0.3, 0.4) is 0 Å². The van der Waals surface area contributed by atoms with Gasteiger partial charge in [-0.2, -0.15) is 0 Å². The molecule has 20 heavy (non-hydrogen) atoms. The van der Waals surface area contributed by atoms with E-state index >= 15 is 0 Å². The first-order chi connectivity index (χ1) is 9.29. The zero-order valence-electron chi connectivity index (χ0n) is 11.7. The first kappa shape index (κ1) is 15.8. The van der Waals surface area contributed by atoms with Gasteiger partial charge in [0.1, 0.15) is 0 Å². The van der Waals surface area contributed by atoms with Crippen LogP contribution >= 0.6 is 15.9 Å². The fourth-order valence-corrected chi connectivity index (χ4v) is 4.48. The van der Waals surface area contributed by atoms with E-state index < -0.39 is 10.0 Å². The van der Waals surface area contributed by atoms with Gasteiger partial charge in [-0.3, -0.25) is 0 Å². The average molecular weight is 362 g/mol. The van der Waals surface area contributed by atoms with Crippen LogP contribution in [0.5, 0.6) is 0 Å². The zero-order chi connectivity index (χ0) is 14.9. The normalized spacial score (nSPS) is 21.1. The van der Waals surface area contributed by atoms with E-state index in [0.717, 1.165) is 25.9 Å². The number of likely N-dealkylation sites (tertiary alicyclic amines) is 1. The third kappa shape index (κ3) is 3.52. The number of nitrogens with zero attached hydrogens (tertiary/aromatic N) is 1. The molecule has 112 valence electrons. The Morgan fingerprint density at radius 3 is 2.80 bits per heavy atom. The first-order valence-corrected chi connectivity index (χ1v) is 8.83. The Bertz CT molecular complexity index is 604. The maximum absolute atomic E-state index is 12.5. The number of rotatable bonds is 3. The van der Waals surface area contributed by atoms with E-state index in [4.69, 9.17) is 5.73 Å². The van der Waals surface area contributed by atoms with Crippen LogP contribution in [0.1, 0.15) is 18.4 Å². The highest BCUT2D eigenvalue weighted by atomic mass is 79.9. The summed E-state index contributed by atoms with van der Waals surface area (Å²) in [5.41, 5.74) is 6.90. The topological polar surface area (TPSA) is 75.4 Å². The van der Waals surface area contributed by atoms with Gasteiger partial charge in [0.2, 0.25) is 10.0 Å². The minimum atomic E-state index is -3.53.